The number of carboxylic acid groups (broad SMARTS) is 1. The highest BCUT2D eigenvalue weighted by Crippen LogP contribution is 2.28. The second-order valence-electron chi connectivity index (χ2n) is 11.5. The van der Waals surface area contributed by atoms with Crippen LogP contribution in [-0.4, -0.2) is 74.4 Å². The molecule has 1 atom stereocenters. The Bertz CT molecular complexity index is 1750. The summed E-state index contributed by atoms with van der Waals surface area (Å²) in [6.07, 6.45) is 5.03. The summed E-state index contributed by atoms with van der Waals surface area (Å²) in [5.74, 6) is 7.23. The summed E-state index contributed by atoms with van der Waals surface area (Å²) in [4.78, 5) is 30.0. The zero-order chi connectivity index (χ0) is 30.0. The Morgan fingerprint density at radius 1 is 1.07 bits per heavy atom. The van der Waals surface area contributed by atoms with Crippen LogP contribution >= 0.6 is 0 Å². The Morgan fingerprint density at radius 2 is 1.91 bits per heavy atom. The Hall–Kier alpha value is -4.53. The van der Waals surface area contributed by atoms with Gasteiger partial charge in [-0.2, -0.15) is 4.98 Å². The van der Waals surface area contributed by atoms with Gasteiger partial charge in [0.25, 0.3) is 0 Å². The van der Waals surface area contributed by atoms with Crippen molar-refractivity contribution in [3.8, 4) is 17.7 Å². The van der Waals surface area contributed by atoms with E-state index in [4.69, 9.17) is 14.5 Å². The van der Waals surface area contributed by atoms with Crippen LogP contribution in [0.3, 0.4) is 0 Å². The third-order valence-corrected chi connectivity index (χ3v) is 8.32. The fourth-order valence-corrected chi connectivity index (χ4v) is 5.44. The van der Waals surface area contributed by atoms with Crippen molar-refractivity contribution < 1.29 is 23.8 Å². The van der Waals surface area contributed by atoms with E-state index in [-0.39, 0.29) is 24.1 Å². The van der Waals surface area contributed by atoms with E-state index in [1.165, 1.54) is 6.07 Å². The summed E-state index contributed by atoms with van der Waals surface area (Å²) < 4.78 is 28.3. The molecule has 4 aromatic rings. The smallest absolute Gasteiger partial charge is 0.335 e. The minimum atomic E-state index is -0.954. The monoisotopic (exact) mass is 596 g/mol. The number of halogens is 1. The number of carboxylic acids is 1. The SMILES string of the molecule is O=C(O)c1ccc2nc(CN3CCN(c4nccc(OCc5ccc(C#CC6CC6)cc5F)n4)CC3)n(C[C@@H]3CCO3)c2c1. The summed E-state index contributed by atoms with van der Waals surface area (Å²) in [6.45, 7) is 5.10. The largest absolute Gasteiger partial charge is 0.478 e. The minimum absolute atomic E-state index is 0.0628. The third-order valence-electron chi connectivity index (χ3n) is 8.32. The molecule has 0 amide bonds. The predicted molar refractivity (Wildman–Crippen MR) is 161 cm³/mol. The van der Waals surface area contributed by atoms with Gasteiger partial charge in [-0.1, -0.05) is 17.9 Å². The Morgan fingerprint density at radius 3 is 2.64 bits per heavy atom. The molecule has 0 unspecified atom stereocenters. The number of imidazole rings is 1. The van der Waals surface area contributed by atoms with Crippen LogP contribution in [0.2, 0.25) is 0 Å². The Balaban J connectivity index is 0.975. The zero-order valence-electron chi connectivity index (χ0n) is 24.3. The fraction of sp³-hybridized carbons (Fsp3) is 0.394. The molecule has 0 radical (unpaired) electrons. The number of fused-ring (bicyclic) bond motifs is 1. The van der Waals surface area contributed by atoms with Crippen LogP contribution in [0.5, 0.6) is 5.88 Å². The predicted octanol–water partition coefficient (Wildman–Crippen LogP) is 4.12. The first-order valence-electron chi connectivity index (χ1n) is 15.1. The van der Waals surface area contributed by atoms with Crippen LogP contribution in [0.4, 0.5) is 10.3 Å². The van der Waals surface area contributed by atoms with E-state index >= 15 is 0 Å². The number of aromatic carboxylic acids is 1. The highest BCUT2D eigenvalue weighted by molar-refractivity contribution is 5.92. The summed E-state index contributed by atoms with van der Waals surface area (Å²) in [5.41, 5.74) is 2.98. The lowest BCUT2D eigenvalue weighted by molar-refractivity contribution is -0.0592. The van der Waals surface area contributed by atoms with Gasteiger partial charge in [0.2, 0.25) is 11.8 Å². The topological polar surface area (TPSA) is 106 Å². The van der Waals surface area contributed by atoms with Crippen LogP contribution in [-0.2, 0) is 24.4 Å². The quantitative estimate of drug-likeness (QED) is 0.286. The number of piperazine rings is 1. The van der Waals surface area contributed by atoms with E-state index in [1.54, 1.807) is 36.5 Å². The second-order valence-corrected chi connectivity index (χ2v) is 11.5. The Kier molecular flexibility index (Phi) is 7.85. The van der Waals surface area contributed by atoms with E-state index in [1.807, 2.05) is 6.07 Å². The number of aromatic nitrogens is 4. The number of hydrogen-bond acceptors (Lipinski definition) is 8. The van der Waals surface area contributed by atoms with Crippen molar-refractivity contribution in [1.29, 1.82) is 0 Å². The molecule has 7 rings (SSSR count). The van der Waals surface area contributed by atoms with Crippen molar-refractivity contribution in [3.63, 3.8) is 0 Å². The van der Waals surface area contributed by atoms with E-state index in [2.05, 4.69) is 36.2 Å². The minimum Gasteiger partial charge on any atom is -0.478 e. The molecule has 4 heterocycles. The molecule has 0 spiro atoms. The van der Waals surface area contributed by atoms with Gasteiger partial charge < -0.3 is 24.0 Å². The average Bonchev–Trinajstić information content (AvgIpc) is 3.78. The molecular weight excluding hydrogens is 563 g/mol. The lowest BCUT2D eigenvalue weighted by atomic mass is 10.1. The van der Waals surface area contributed by atoms with Gasteiger partial charge in [0.05, 0.1) is 35.8 Å². The van der Waals surface area contributed by atoms with Crippen molar-refractivity contribution in [3.05, 3.63) is 77.0 Å². The molecule has 1 N–H and O–H groups in total. The van der Waals surface area contributed by atoms with Crippen LogP contribution < -0.4 is 9.64 Å². The molecule has 226 valence electrons. The molecular formula is C33H33FN6O4. The molecule has 44 heavy (non-hydrogen) atoms. The van der Waals surface area contributed by atoms with Crippen molar-refractivity contribution in [2.45, 2.75) is 45.1 Å². The fourth-order valence-electron chi connectivity index (χ4n) is 5.44. The second kappa shape index (κ2) is 12.2. The van der Waals surface area contributed by atoms with Gasteiger partial charge in [-0.25, -0.2) is 19.2 Å². The first kappa shape index (κ1) is 28.3. The van der Waals surface area contributed by atoms with E-state index in [0.29, 0.717) is 42.0 Å². The maximum atomic E-state index is 14.6. The number of ether oxygens (including phenoxy) is 2. The maximum absolute atomic E-state index is 14.6. The average molecular weight is 597 g/mol. The number of rotatable bonds is 9. The molecule has 1 aliphatic carbocycles. The van der Waals surface area contributed by atoms with Gasteiger partial charge in [-0.15, -0.1) is 0 Å². The molecule has 2 aromatic carbocycles. The van der Waals surface area contributed by atoms with E-state index in [0.717, 1.165) is 68.9 Å². The highest BCUT2D eigenvalue weighted by atomic mass is 19.1. The zero-order valence-corrected chi connectivity index (χ0v) is 24.3. The highest BCUT2D eigenvalue weighted by Gasteiger charge is 2.25. The van der Waals surface area contributed by atoms with E-state index < -0.39 is 5.97 Å². The van der Waals surface area contributed by atoms with Gasteiger partial charge >= 0.3 is 5.97 Å². The maximum Gasteiger partial charge on any atom is 0.335 e. The number of carbonyl (C=O) groups is 1. The first-order chi connectivity index (χ1) is 21.5. The molecule has 2 aromatic heterocycles. The molecule has 11 heteroatoms. The molecule has 2 aliphatic heterocycles. The van der Waals surface area contributed by atoms with Crippen LogP contribution in [0.25, 0.3) is 11.0 Å². The van der Waals surface area contributed by atoms with Gasteiger partial charge in [-0.3, -0.25) is 4.90 Å². The third kappa shape index (κ3) is 6.37. The first-order valence-corrected chi connectivity index (χ1v) is 15.1. The standard InChI is InChI=1S/C33H33FN6O4/c34-27-17-23(4-3-22-1-2-22)5-6-25(27)21-44-31-9-11-35-33(37-31)39-14-12-38(13-15-39)20-30-36-28-8-7-24(32(41)42)18-29(28)40(30)19-26-10-16-43-26/h5-9,11,17-18,22,26H,1-2,10,12-16,19-21H2,(H,41,42)/t26-/m0/s1. The van der Waals surface area contributed by atoms with Crippen LogP contribution in [0, 0.1) is 23.6 Å². The molecule has 2 saturated heterocycles. The summed E-state index contributed by atoms with van der Waals surface area (Å²) in [6, 6.07) is 11.8. The van der Waals surface area contributed by atoms with Gasteiger partial charge in [-0.05, 0) is 49.6 Å². The number of anilines is 1. The van der Waals surface area contributed by atoms with Crippen molar-refractivity contribution in [1.82, 2.24) is 24.4 Å². The molecule has 3 fully saturated rings. The summed E-state index contributed by atoms with van der Waals surface area (Å²) in [7, 11) is 0. The van der Waals surface area contributed by atoms with Crippen molar-refractivity contribution in [2.24, 2.45) is 5.92 Å². The van der Waals surface area contributed by atoms with Gasteiger partial charge in [0, 0.05) is 62.1 Å². The summed E-state index contributed by atoms with van der Waals surface area (Å²) in [5, 5.41) is 9.51. The normalized spacial score (nSPS) is 18.5. The van der Waals surface area contributed by atoms with Crippen LogP contribution in [0.1, 0.15) is 46.6 Å². The van der Waals surface area contributed by atoms with Gasteiger partial charge in [0.1, 0.15) is 18.2 Å². The molecule has 10 nitrogen and oxygen atoms in total. The number of hydrogen-bond donors (Lipinski definition) is 1. The lowest BCUT2D eigenvalue weighted by Crippen LogP contribution is -2.47. The summed E-state index contributed by atoms with van der Waals surface area (Å²) >= 11 is 0. The lowest BCUT2D eigenvalue weighted by Gasteiger charge is -2.35. The van der Waals surface area contributed by atoms with Crippen molar-refractivity contribution >= 4 is 23.0 Å². The van der Waals surface area contributed by atoms with Crippen LogP contribution in [0.15, 0.2) is 48.7 Å². The Labute approximate surface area is 254 Å². The van der Waals surface area contributed by atoms with Crippen molar-refractivity contribution in [2.75, 3.05) is 37.7 Å². The molecule has 3 aliphatic rings. The molecule has 0 bridgehead atoms. The number of benzene rings is 2. The van der Waals surface area contributed by atoms with E-state index in [9.17, 15) is 14.3 Å². The molecule has 1 saturated carbocycles. The number of nitrogens with zero attached hydrogens (tertiary/aromatic N) is 6. The van der Waals surface area contributed by atoms with Gasteiger partial charge in [0.15, 0.2) is 0 Å².